The second-order valence-electron chi connectivity index (χ2n) is 3.28. The third-order valence-corrected chi connectivity index (χ3v) is 3.22. The lowest BCUT2D eigenvalue weighted by atomic mass is 10.1. The van der Waals surface area contributed by atoms with E-state index < -0.39 is 0 Å². The fraction of sp³-hybridized carbons (Fsp3) is 0.300. The topological polar surface area (TPSA) is 32.3 Å². The first-order valence-electron chi connectivity index (χ1n) is 4.66. The van der Waals surface area contributed by atoms with Crippen LogP contribution in [-0.2, 0) is 0 Å². The van der Waals surface area contributed by atoms with Crippen LogP contribution < -0.4 is 5.32 Å². The first-order valence-corrected chi connectivity index (χ1v) is 5.45. The largest absolute Gasteiger partial charge is 0.366 e. The van der Waals surface area contributed by atoms with Gasteiger partial charge in [0.2, 0.25) is 0 Å². The monoisotopic (exact) mass is 272 g/mol. The van der Waals surface area contributed by atoms with Crippen molar-refractivity contribution in [3.63, 3.8) is 0 Å². The summed E-state index contributed by atoms with van der Waals surface area (Å²) in [5.74, 6) is -0.425. The Morgan fingerprint density at radius 3 is 3.00 bits per heavy atom. The Balaban J connectivity index is 2.50. The standard InChI is InChI=1S/C10H10BrFN2O/c1-2-14-5-13-9-6(10(14)15)3-4-7(12)8(9)11/h3-4,13H,2,5H2,1H3. The SMILES string of the molecule is CCN1CNc2c(ccc(F)c2Br)C1=O. The van der Waals surface area contributed by atoms with Crippen LogP contribution in [-0.4, -0.2) is 24.0 Å². The molecule has 0 saturated carbocycles. The number of benzene rings is 1. The summed E-state index contributed by atoms with van der Waals surface area (Å²) in [6, 6.07) is 2.80. The van der Waals surface area contributed by atoms with Crippen LogP contribution >= 0.6 is 15.9 Å². The molecule has 1 aromatic rings. The average Bonchev–Trinajstić information content (AvgIpc) is 2.24. The van der Waals surface area contributed by atoms with Gasteiger partial charge in [-0.3, -0.25) is 4.79 Å². The maximum absolute atomic E-state index is 13.2. The van der Waals surface area contributed by atoms with Crippen molar-refractivity contribution >= 4 is 27.5 Å². The van der Waals surface area contributed by atoms with E-state index in [1.54, 1.807) is 4.90 Å². The van der Waals surface area contributed by atoms with Gasteiger partial charge in [-0.25, -0.2) is 4.39 Å². The van der Waals surface area contributed by atoms with Gasteiger partial charge < -0.3 is 10.2 Å². The van der Waals surface area contributed by atoms with Gasteiger partial charge >= 0.3 is 0 Å². The van der Waals surface area contributed by atoms with Crippen molar-refractivity contribution in [1.82, 2.24) is 4.90 Å². The Bertz CT molecular complexity index is 422. The van der Waals surface area contributed by atoms with Crippen LogP contribution in [0.3, 0.4) is 0 Å². The average molecular weight is 273 g/mol. The molecule has 0 radical (unpaired) electrons. The van der Waals surface area contributed by atoms with Crippen LogP contribution in [0, 0.1) is 5.82 Å². The van der Waals surface area contributed by atoms with Crippen LogP contribution in [0.1, 0.15) is 17.3 Å². The van der Waals surface area contributed by atoms with Crippen molar-refractivity contribution in [2.45, 2.75) is 6.92 Å². The van der Waals surface area contributed by atoms with Crippen LogP contribution in [0.2, 0.25) is 0 Å². The van der Waals surface area contributed by atoms with Crippen LogP contribution in [0.25, 0.3) is 0 Å². The number of carbonyl (C=O) groups excluding carboxylic acids is 1. The number of anilines is 1. The number of nitrogens with one attached hydrogen (secondary N) is 1. The number of carbonyl (C=O) groups is 1. The molecule has 2 rings (SSSR count). The van der Waals surface area contributed by atoms with E-state index in [4.69, 9.17) is 0 Å². The zero-order chi connectivity index (χ0) is 11.0. The van der Waals surface area contributed by atoms with Gasteiger partial charge in [0.25, 0.3) is 5.91 Å². The van der Waals surface area contributed by atoms with E-state index >= 15 is 0 Å². The number of amides is 1. The van der Waals surface area contributed by atoms with Crippen molar-refractivity contribution in [2.75, 3.05) is 18.5 Å². The highest BCUT2D eigenvalue weighted by Gasteiger charge is 2.25. The van der Waals surface area contributed by atoms with E-state index in [0.29, 0.717) is 28.9 Å². The van der Waals surface area contributed by atoms with Crippen molar-refractivity contribution in [3.05, 3.63) is 28.0 Å². The van der Waals surface area contributed by atoms with Gasteiger partial charge in [-0.15, -0.1) is 0 Å². The van der Waals surface area contributed by atoms with E-state index in [1.807, 2.05) is 6.92 Å². The number of hydrogen-bond donors (Lipinski definition) is 1. The molecule has 1 aliphatic heterocycles. The summed E-state index contributed by atoms with van der Waals surface area (Å²) in [5.41, 5.74) is 1.06. The number of fused-ring (bicyclic) bond motifs is 1. The summed E-state index contributed by atoms with van der Waals surface area (Å²) in [7, 11) is 0. The lowest BCUT2D eigenvalue weighted by Gasteiger charge is -2.29. The third-order valence-electron chi connectivity index (χ3n) is 2.44. The summed E-state index contributed by atoms with van der Waals surface area (Å²) in [5, 5.41) is 3.02. The van der Waals surface area contributed by atoms with Crippen molar-refractivity contribution in [3.8, 4) is 0 Å². The Morgan fingerprint density at radius 1 is 1.60 bits per heavy atom. The first-order chi connectivity index (χ1) is 7.15. The lowest BCUT2D eigenvalue weighted by molar-refractivity contribution is 0.0766. The maximum Gasteiger partial charge on any atom is 0.257 e. The van der Waals surface area contributed by atoms with Crippen molar-refractivity contribution < 1.29 is 9.18 Å². The Hall–Kier alpha value is -1.10. The molecule has 3 nitrogen and oxygen atoms in total. The highest BCUT2D eigenvalue weighted by atomic mass is 79.9. The normalized spacial score (nSPS) is 14.9. The molecule has 0 aromatic heterocycles. The molecule has 0 unspecified atom stereocenters. The van der Waals surface area contributed by atoms with E-state index in [9.17, 15) is 9.18 Å². The molecule has 0 saturated heterocycles. The van der Waals surface area contributed by atoms with E-state index in [1.165, 1.54) is 12.1 Å². The van der Waals surface area contributed by atoms with E-state index in [0.717, 1.165) is 0 Å². The second-order valence-corrected chi connectivity index (χ2v) is 4.07. The highest BCUT2D eigenvalue weighted by molar-refractivity contribution is 9.10. The molecule has 1 amide bonds. The molecule has 1 heterocycles. The van der Waals surface area contributed by atoms with Crippen LogP contribution in [0.5, 0.6) is 0 Å². The molecule has 1 aliphatic rings. The van der Waals surface area contributed by atoms with Gasteiger partial charge in [-0.2, -0.15) is 0 Å². The molecule has 1 N–H and O–H groups in total. The lowest BCUT2D eigenvalue weighted by Crippen LogP contribution is -2.39. The van der Waals surface area contributed by atoms with Gasteiger partial charge in [0, 0.05) is 6.54 Å². The van der Waals surface area contributed by atoms with E-state index in [-0.39, 0.29) is 11.7 Å². The molecule has 5 heteroatoms. The Labute approximate surface area is 95.4 Å². The number of hydrogen-bond acceptors (Lipinski definition) is 2. The van der Waals surface area contributed by atoms with Gasteiger partial charge in [0.1, 0.15) is 5.82 Å². The highest BCUT2D eigenvalue weighted by Crippen LogP contribution is 2.32. The molecule has 80 valence electrons. The van der Waals surface area contributed by atoms with Crippen molar-refractivity contribution in [1.29, 1.82) is 0 Å². The second kappa shape index (κ2) is 3.81. The molecule has 0 spiro atoms. The summed E-state index contributed by atoms with van der Waals surface area (Å²) < 4.78 is 13.5. The molecular formula is C10H10BrFN2O. The minimum Gasteiger partial charge on any atom is -0.366 e. The summed E-state index contributed by atoms with van der Waals surface area (Å²) in [4.78, 5) is 13.5. The minimum absolute atomic E-state index is 0.0630. The van der Waals surface area contributed by atoms with Gasteiger partial charge in [-0.1, -0.05) is 0 Å². The molecule has 0 bridgehead atoms. The fourth-order valence-electron chi connectivity index (χ4n) is 1.57. The number of rotatable bonds is 1. The van der Waals surface area contributed by atoms with Gasteiger partial charge in [0.15, 0.2) is 0 Å². The Kier molecular flexibility index (Phi) is 2.65. The zero-order valence-corrected chi connectivity index (χ0v) is 9.77. The smallest absolute Gasteiger partial charge is 0.257 e. The molecular weight excluding hydrogens is 263 g/mol. The van der Waals surface area contributed by atoms with Crippen molar-refractivity contribution in [2.24, 2.45) is 0 Å². The summed E-state index contributed by atoms with van der Waals surface area (Å²) in [6.07, 6.45) is 0. The minimum atomic E-state index is -0.362. The fourth-order valence-corrected chi connectivity index (χ4v) is 2.06. The zero-order valence-electron chi connectivity index (χ0n) is 8.18. The predicted octanol–water partition coefficient (Wildman–Crippen LogP) is 2.43. The summed E-state index contributed by atoms with van der Waals surface area (Å²) >= 11 is 3.13. The Morgan fingerprint density at radius 2 is 2.33 bits per heavy atom. The summed E-state index contributed by atoms with van der Waals surface area (Å²) in [6.45, 7) is 2.97. The maximum atomic E-state index is 13.2. The number of nitrogens with zero attached hydrogens (tertiary/aromatic N) is 1. The number of halogens is 2. The van der Waals surface area contributed by atoms with Gasteiger partial charge in [0.05, 0.1) is 22.4 Å². The molecule has 0 atom stereocenters. The molecule has 0 aliphatic carbocycles. The molecule has 1 aromatic carbocycles. The van der Waals surface area contributed by atoms with Crippen LogP contribution in [0.4, 0.5) is 10.1 Å². The first kappa shape index (κ1) is 10.4. The molecule has 15 heavy (non-hydrogen) atoms. The quantitative estimate of drug-likeness (QED) is 0.852. The van der Waals surface area contributed by atoms with Gasteiger partial charge in [-0.05, 0) is 35.0 Å². The van der Waals surface area contributed by atoms with Crippen LogP contribution in [0.15, 0.2) is 16.6 Å². The predicted molar refractivity (Wildman–Crippen MR) is 59.3 cm³/mol. The molecule has 0 fully saturated rings. The van der Waals surface area contributed by atoms with E-state index in [2.05, 4.69) is 21.2 Å². The third kappa shape index (κ3) is 1.61.